The fourth-order valence-corrected chi connectivity index (χ4v) is 3.19. The Morgan fingerprint density at radius 2 is 2.06 bits per heavy atom. The summed E-state index contributed by atoms with van der Waals surface area (Å²) in [5.41, 5.74) is 4.13. The van der Waals surface area contributed by atoms with Gasteiger partial charge in [0.05, 0.1) is 13.2 Å². The number of ether oxygens (including phenoxy) is 1. The first-order chi connectivity index (χ1) is 8.75. The van der Waals surface area contributed by atoms with E-state index in [1.807, 2.05) is 0 Å². The summed E-state index contributed by atoms with van der Waals surface area (Å²) in [6.45, 7) is 9.45. The molecule has 1 fully saturated rings. The minimum atomic E-state index is 0.546. The first kappa shape index (κ1) is 12.0. The molecule has 3 heteroatoms. The molecule has 1 aromatic carbocycles. The van der Waals surface area contributed by atoms with E-state index >= 15 is 0 Å². The van der Waals surface area contributed by atoms with Gasteiger partial charge in [0.2, 0.25) is 0 Å². The van der Waals surface area contributed by atoms with Gasteiger partial charge in [-0.1, -0.05) is 24.6 Å². The Kier molecular flexibility index (Phi) is 3.27. The maximum atomic E-state index is 5.48. The van der Waals surface area contributed by atoms with Crippen molar-refractivity contribution in [2.45, 2.75) is 19.9 Å². The number of anilines is 1. The highest BCUT2D eigenvalue weighted by Crippen LogP contribution is 2.38. The number of fused-ring (bicyclic) bond motifs is 1. The maximum Gasteiger partial charge on any atom is 0.0594 e. The van der Waals surface area contributed by atoms with Crippen LogP contribution in [0.15, 0.2) is 18.2 Å². The summed E-state index contributed by atoms with van der Waals surface area (Å²) in [5.74, 6) is 0.650. The van der Waals surface area contributed by atoms with Gasteiger partial charge in [0, 0.05) is 31.4 Å². The van der Waals surface area contributed by atoms with Crippen molar-refractivity contribution in [3.63, 3.8) is 0 Å². The van der Waals surface area contributed by atoms with Crippen LogP contribution in [-0.2, 0) is 4.74 Å². The highest BCUT2D eigenvalue weighted by atomic mass is 16.5. The minimum absolute atomic E-state index is 0.546. The van der Waals surface area contributed by atoms with Crippen molar-refractivity contribution in [3.05, 3.63) is 29.3 Å². The van der Waals surface area contributed by atoms with Gasteiger partial charge in [-0.2, -0.15) is 0 Å². The van der Waals surface area contributed by atoms with E-state index in [-0.39, 0.29) is 0 Å². The fraction of sp³-hybridized carbons (Fsp3) is 0.600. The van der Waals surface area contributed by atoms with Gasteiger partial charge in [0.1, 0.15) is 0 Å². The third-order valence-electron chi connectivity index (χ3n) is 4.12. The molecular formula is C15H22N2O. The zero-order valence-electron chi connectivity index (χ0n) is 11.3. The first-order valence-corrected chi connectivity index (χ1v) is 6.92. The van der Waals surface area contributed by atoms with Crippen molar-refractivity contribution in [2.24, 2.45) is 5.92 Å². The largest absolute Gasteiger partial charge is 0.384 e. The lowest BCUT2D eigenvalue weighted by molar-refractivity contribution is 0.00418. The molecule has 1 N–H and O–H groups in total. The Labute approximate surface area is 109 Å². The Morgan fingerprint density at radius 3 is 2.83 bits per heavy atom. The van der Waals surface area contributed by atoms with Crippen LogP contribution in [0, 0.1) is 12.8 Å². The molecule has 2 aliphatic heterocycles. The summed E-state index contributed by atoms with van der Waals surface area (Å²) < 4.78 is 5.48. The van der Waals surface area contributed by atoms with Crippen LogP contribution >= 0.6 is 0 Å². The van der Waals surface area contributed by atoms with Crippen LogP contribution in [0.2, 0.25) is 0 Å². The Balaban J connectivity index is 1.95. The molecule has 2 aliphatic rings. The molecule has 2 unspecified atom stereocenters. The van der Waals surface area contributed by atoms with E-state index < -0.39 is 0 Å². The van der Waals surface area contributed by atoms with E-state index in [2.05, 4.69) is 42.3 Å². The molecule has 0 spiro atoms. The van der Waals surface area contributed by atoms with Crippen molar-refractivity contribution in [1.82, 2.24) is 4.90 Å². The number of benzene rings is 1. The van der Waals surface area contributed by atoms with Crippen LogP contribution in [0.5, 0.6) is 0 Å². The lowest BCUT2D eigenvalue weighted by Crippen LogP contribution is -2.44. The second-order valence-corrected chi connectivity index (χ2v) is 5.54. The smallest absolute Gasteiger partial charge is 0.0594 e. The van der Waals surface area contributed by atoms with E-state index in [9.17, 15) is 0 Å². The van der Waals surface area contributed by atoms with Crippen LogP contribution < -0.4 is 5.32 Å². The van der Waals surface area contributed by atoms with Gasteiger partial charge in [-0.05, 0) is 24.5 Å². The maximum absolute atomic E-state index is 5.48. The lowest BCUT2D eigenvalue weighted by Gasteiger charge is -2.42. The highest BCUT2D eigenvalue weighted by Gasteiger charge is 2.32. The quantitative estimate of drug-likeness (QED) is 0.823. The van der Waals surface area contributed by atoms with Crippen molar-refractivity contribution in [1.29, 1.82) is 0 Å². The average molecular weight is 246 g/mol. The average Bonchev–Trinajstić information content (AvgIpc) is 2.39. The second-order valence-electron chi connectivity index (χ2n) is 5.54. The summed E-state index contributed by atoms with van der Waals surface area (Å²) in [5, 5.41) is 3.55. The summed E-state index contributed by atoms with van der Waals surface area (Å²) in [6.07, 6.45) is 0. The summed E-state index contributed by atoms with van der Waals surface area (Å²) >= 11 is 0. The monoisotopic (exact) mass is 246 g/mol. The van der Waals surface area contributed by atoms with Crippen LogP contribution in [-0.4, -0.2) is 37.7 Å². The zero-order valence-corrected chi connectivity index (χ0v) is 11.3. The van der Waals surface area contributed by atoms with Crippen LogP contribution in [0.25, 0.3) is 0 Å². The van der Waals surface area contributed by atoms with Crippen LogP contribution in [0.1, 0.15) is 24.1 Å². The Morgan fingerprint density at radius 1 is 1.28 bits per heavy atom. The molecule has 2 atom stereocenters. The zero-order chi connectivity index (χ0) is 12.5. The fourth-order valence-electron chi connectivity index (χ4n) is 3.19. The van der Waals surface area contributed by atoms with Gasteiger partial charge in [-0.3, -0.25) is 4.90 Å². The van der Waals surface area contributed by atoms with E-state index in [1.54, 1.807) is 0 Å². The molecule has 0 aliphatic carbocycles. The summed E-state index contributed by atoms with van der Waals surface area (Å²) in [6, 6.07) is 7.31. The second kappa shape index (κ2) is 4.90. The molecule has 2 heterocycles. The third kappa shape index (κ3) is 2.13. The molecule has 3 rings (SSSR count). The van der Waals surface area contributed by atoms with Crippen LogP contribution in [0.4, 0.5) is 5.69 Å². The predicted octanol–water partition coefficient (Wildman–Crippen LogP) is 2.43. The van der Waals surface area contributed by atoms with E-state index in [1.165, 1.54) is 16.8 Å². The van der Waals surface area contributed by atoms with Gasteiger partial charge in [0.25, 0.3) is 0 Å². The van der Waals surface area contributed by atoms with Crippen molar-refractivity contribution >= 4 is 5.69 Å². The topological polar surface area (TPSA) is 24.5 Å². The Bertz CT molecular complexity index is 427. The number of morpholine rings is 1. The molecule has 0 radical (unpaired) electrons. The number of nitrogens with one attached hydrogen (secondary N) is 1. The first-order valence-electron chi connectivity index (χ1n) is 6.92. The van der Waals surface area contributed by atoms with Gasteiger partial charge in [-0.25, -0.2) is 0 Å². The summed E-state index contributed by atoms with van der Waals surface area (Å²) in [4.78, 5) is 2.59. The minimum Gasteiger partial charge on any atom is -0.384 e. The Hall–Kier alpha value is -1.06. The van der Waals surface area contributed by atoms with Gasteiger partial charge in [0.15, 0.2) is 0 Å². The molecule has 0 saturated carbocycles. The van der Waals surface area contributed by atoms with E-state index in [0.717, 1.165) is 32.8 Å². The molecule has 1 saturated heterocycles. The number of hydrogen-bond acceptors (Lipinski definition) is 3. The van der Waals surface area contributed by atoms with Gasteiger partial charge < -0.3 is 10.1 Å². The predicted molar refractivity (Wildman–Crippen MR) is 74.0 cm³/mol. The number of aryl methyl sites for hydroxylation is 1. The van der Waals surface area contributed by atoms with E-state index in [4.69, 9.17) is 4.74 Å². The van der Waals surface area contributed by atoms with Crippen molar-refractivity contribution < 1.29 is 4.74 Å². The molecule has 18 heavy (non-hydrogen) atoms. The highest BCUT2D eigenvalue weighted by molar-refractivity contribution is 5.56. The number of hydrogen-bond donors (Lipinski definition) is 1. The van der Waals surface area contributed by atoms with E-state index in [0.29, 0.717) is 12.0 Å². The lowest BCUT2D eigenvalue weighted by atomic mass is 9.87. The molecule has 0 amide bonds. The third-order valence-corrected chi connectivity index (χ3v) is 4.12. The SMILES string of the molecule is Cc1ccc2c(c1)C(N1CCOCC1)C(C)CN2. The summed E-state index contributed by atoms with van der Waals surface area (Å²) in [7, 11) is 0. The molecule has 3 nitrogen and oxygen atoms in total. The molecule has 98 valence electrons. The standard InChI is InChI=1S/C15H22N2O/c1-11-3-4-14-13(9-11)15(12(2)10-16-14)17-5-7-18-8-6-17/h3-4,9,12,15-16H,5-8,10H2,1-2H3. The molecule has 0 bridgehead atoms. The molecule has 1 aromatic rings. The normalized spacial score (nSPS) is 28.6. The molecular weight excluding hydrogens is 224 g/mol. The van der Waals surface area contributed by atoms with Crippen LogP contribution in [0.3, 0.4) is 0 Å². The number of rotatable bonds is 1. The van der Waals surface area contributed by atoms with Crippen molar-refractivity contribution in [2.75, 3.05) is 38.2 Å². The van der Waals surface area contributed by atoms with Gasteiger partial charge >= 0.3 is 0 Å². The molecule has 0 aromatic heterocycles. The number of nitrogens with zero attached hydrogens (tertiary/aromatic N) is 1. The van der Waals surface area contributed by atoms with Gasteiger partial charge in [-0.15, -0.1) is 0 Å². The van der Waals surface area contributed by atoms with Crippen molar-refractivity contribution in [3.8, 4) is 0 Å².